The Labute approximate surface area is 303 Å². The van der Waals surface area contributed by atoms with E-state index in [0.717, 1.165) is 66.4 Å². The lowest BCUT2D eigenvalue weighted by atomic mass is 9.99. The lowest BCUT2D eigenvalue weighted by Crippen LogP contribution is -2.49. The fraction of sp³-hybridized carbons (Fsp3) is 0.341. The highest BCUT2D eigenvalue weighted by molar-refractivity contribution is 6.22. The van der Waals surface area contributed by atoms with Gasteiger partial charge in [-0.2, -0.15) is 0 Å². The molecule has 4 atom stereocenters. The van der Waals surface area contributed by atoms with Crippen LogP contribution < -0.4 is 10.2 Å². The lowest BCUT2D eigenvalue weighted by Gasteiger charge is -2.41. The number of nitrogens with zero attached hydrogens (tertiary/aromatic N) is 3. The number of piperazine rings is 1. The van der Waals surface area contributed by atoms with E-state index in [1.807, 2.05) is 72.8 Å². The summed E-state index contributed by atoms with van der Waals surface area (Å²) in [6, 6.07) is 33.6. The average Bonchev–Trinajstić information content (AvgIpc) is 3.46. The van der Waals surface area contributed by atoms with Crippen molar-refractivity contribution in [2.24, 2.45) is 0 Å². The molecule has 52 heavy (non-hydrogen) atoms. The zero-order chi connectivity index (χ0) is 35.9. The van der Waals surface area contributed by atoms with E-state index in [1.165, 1.54) is 5.56 Å². The number of hydrogen-bond acceptors (Lipinski definition) is 9. The van der Waals surface area contributed by atoms with Gasteiger partial charge in [0.1, 0.15) is 12.6 Å². The molecule has 0 saturated carbocycles. The van der Waals surface area contributed by atoms with E-state index in [1.54, 1.807) is 12.1 Å². The molecule has 0 aliphatic carbocycles. The molecule has 1 unspecified atom stereocenters. The number of hydrogen-bond donors (Lipinski definition) is 2. The molecular weight excluding hydrogens is 660 g/mol. The Hall–Kier alpha value is -4.91. The van der Waals surface area contributed by atoms with Crippen molar-refractivity contribution in [3.8, 4) is 0 Å². The Kier molecular flexibility index (Phi) is 11.3. The number of anilines is 1. The molecule has 0 spiro atoms. The van der Waals surface area contributed by atoms with Gasteiger partial charge >= 0.3 is 6.09 Å². The maximum Gasteiger partial charge on any atom is 0.408 e. The predicted molar refractivity (Wildman–Crippen MR) is 194 cm³/mol. The van der Waals surface area contributed by atoms with Crippen LogP contribution in [0.15, 0.2) is 109 Å². The topological polar surface area (TPSA) is 121 Å². The summed E-state index contributed by atoms with van der Waals surface area (Å²) in [5.41, 5.74) is 5.14. The number of aliphatic hydroxyl groups excluding tert-OH is 1. The minimum Gasteiger partial charge on any atom is -0.445 e. The minimum absolute atomic E-state index is 0.0278. The summed E-state index contributed by atoms with van der Waals surface area (Å²) in [7, 11) is 0. The second-order valence-corrected chi connectivity index (χ2v) is 13.5. The molecule has 11 nitrogen and oxygen atoms in total. The van der Waals surface area contributed by atoms with Gasteiger partial charge in [-0.1, -0.05) is 97.1 Å². The van der Waals surface area contributed by atoms with E-state index in [4.69, 9.17) is 14.2 Å². The molecule has 3 heterocycles. The van der Waals surface area contributed by atoms with Crippen molar-refractivity contribution in [2.45, 2.75) is 57.1 Å². The van der Waals surface area contributed by atoms with Gasteiger partial charge in [-0.05, 0) is 34.4 Å². The molecule has 0 aromatic heterocycles. The van der Waals surface area contributed by atoms with Gasteiger partial charge in [-0.15, -0.1) is 0 Å². The molecule has 11 heteroatoms. The maximum absolute atomic E-state index is 13.3. The largest absolute Gasteiger partial charge is 0.445 e. The number of imide groups is 1. The van der Waals surface area contributed by atoms with Crippen LogP contribution in [0.2, 0.25) is 0 Å². The molecule has 2 N–H and O–H groups in total. The SMILES string of the molecule is O=C(NC1CC(=O)N(c2ccc([C@@H]3O[C@H](CN4CCN(Cc5ccccc5)CC4)C[C@H](c4ccc(CO)cc4)O3)cc2)C1=O)OCc1ccccc1. The van der Waals surface area contributed by atoms with Crippen molar-refractivity contribution in [3.05, 3.63) is 137 Å². The van der Waals surface area contributed by atoms with Gasteiger partial charge in [0, 0.05) is 51.3 Å². The summed E-state index contributed by atoms with van der Waals surface area (Å²) in [5, 5.41) is 12.1. The quantitative estimate of drug-likeness (QED) is 0.206. The third-order valence-corrected chi connectivity index (χ3v) is 9.87. The van der Waals surface area contributed by atoms with Crippen LogP contribution in [-0.4, -0.2) is 77.7 Å². The molecule has 3 amide bonds. The zero-order valence-electron chi connectivity index (χ0n) is 29.0. The summed E-state index contributed by atoms with van der Waals surface area (Å²) in [5.74, 6) is -0.929. The van der Waals surface area contributed by atoms with Crippen molar-refractivity contribution < 1.29 is 33.7 Å². The highest BCUT2D eigenvalue weighted by Crippen LogP contribution is 2.39. The Morgan fingerprint density at radius 2 is 1.38 bits per heavy atom. The van der Waals surface area contributed by atoms with Gasteiger partial charge in [0.15, 0.2) is 6.29 Å². The molecule has 3 aliphatic heterocycles. The fourth-order valence-corrected chi connectivity index (χ4v) is 7.00. The summed E-state index contributed by atoms with van der Waals surface area (Å²) in [6.45, 7) is 5.59. The van der Waals surface area contributed by atoms with Crippen LogP contribution in [0.1, 0.15) is 53.1 Å². The first-order valence-electron chi connectivity index (χ1n) is 17.8. The highest BCUT2D eigenvalue weighted by Gasteiger charge is 2.41. The summed E-state index contributed by atoms with van der Waals surface area (Å²) >= 11 is 0. The number of amides is 3. The van der Waals surface area contributed by atoms with Crippen LogP contribution in [0.25, 0.3) is 0 Å². The first-order chi connectivity index (χ1) is 25.4. The van der Waals surface area contributed by atoms with E-state index in [-0.39, 0.29) is 31.8 Å². The Balaban J connectivity index is 0.991. The predicted octanol–water partition coefficient (Wildman–Crippen LogP) is 5.10. The second-order valence-electron chi connectivity index (χ2n) is 13.5. The monoisotopic (exact) mass is 704 g/mol. The minimum atomic E-state index is -1.01. The summed E-state index contributed by atoms with van der Waals surface area (Å²) < 4.78 is 18.4. The number of carbonyl (C=O) groups is 3. The van der Waals surface area contributed by atoms with E-state index >= 15 is 0 Å². The van der Waals surface area contributed by atoms with Crippen molar-refractivity contribution in [1.82, 2.24) is 15.1 Å². The van der Waals surface area contributed by atoms with E-state index in [9.17, 15) is 19.5 Å². The van der Waals surface area contributed by atoms with Gasteiger partial charge in [0.05, 0.1) is 30.9 Å². The molecule has 0 radical (unpaired) electrons. The van der Waals surface area contributed by atoms with Gasteiger partial charge in [0.2, 0.25) is 5.91 Å². The Morgan fingerprint density at radius 3 is 2.06 bits per heavy atom. The van der Waals surface area contributed by atoms with Gasteiger partial charge < -0.3 is 24.6 Å². The zero-order valence-corrected chi connectivity index (χ0v) is 29.0. The normalized spacial score (nSPS) is 22.8. The summed E-state index contributed by atoms with van der Waals surface area (Å²) in [6.07, 6.45) is -1.25. The van der Waals surface area contributed by atoms with Crippen LogP contribution in [0.5, 0.6) is 0 Å². The molecule has 7 rings (SSSR count). The first kappa shape index (κ1) is 35.5. The van der Waals surface area contributed by atoms with Crippen molar-refractivity contribution in [2.75, 3.05) is 37.6 Å². The molecular formula is C41H44N4O7. The number of rotatable bonds is 11. The number of carbonyl (C=O) groups excluding carboxylic acids is 3. The Morgan fingerprint density at radius 1 is 0.750 bits per heavy atom. The number of alkyl carbamates (subject to hydrolysis) is 1. The molecule has 4 aromatic rings. The van der Waals surface area contributed by atoms with E-state index < -0.39 is 30.2 Å². The highest BCUT2D eigenvalue weighted by atomic mass is 16.7. The van der Waals surface area contributed by atoms with Crippen molar-refractivity contribution in [3.63, 3.8) is 0 Å². The second kappa shape index (κ2) is 16.6. The van der Waals surface area contributed by atoms with E-state index in [2.05, 4.69) is 39.4 Å². The van der Waals surface area contributed by atoms with Gasteiger partial charge in [-0.25, -0.2) is 9.69 Å². The number of aliphatic hydroxyl groups is 1. The van der Waals surface area contributed by atoms with Crippen LogP contribution in [0.3, 0.4) is 0 Å². The van der Waals surface area contributed by atoms with Gasteiger partial charge in [-0.3, -0.25) is 19.4 Å². The maximum atomic E-state index is 13.3. The number of nitrogens with one attached hydrogen (secondary N) is 1. The molecule has 4 aromatic carbocycles. The molecule has 0 bridgehead atoms. The first-order valence-corrected chi connectivity index (χ1v) is 17.8. The van der Waals surface area contributed by atoms with E-state index in [0.29, 0.717) is 12.1 Å². The number of benzene rings is 4. The fourth-order valence-electron chi connectivity index (χ4n) is 7.00. The third-order valence-electron chi connectivity index (χ3n) is 9.87. The standard InChI is InChI=1S/C41H44N4O7/c46-27-30-11-13-32(14-12-30)37-23-35(26-44-21-19-43(20-22-44)25-29-7-3-1-4-8-29)51-40(52-37)33-15-17-34(18-16-33)45-38(47)24-36(39(45)48)42-41(49)50-28-31-9-5-2-6-10-31/h1-18,35-37,40,46H,19-28H2,(H,42,49)/t35-,36?,37+,40+/m0/s1. The average molecular weight is 705 g/mol. The Bertz CT molecular complexity index is 1800. The molecule has 3 fully saturated rings. The van der Waals surface area contributed by atoms with Crippen molar-refractivity contribution in [1.29, 1.82) is 0 Å². The van der Waals surface area contributed by atoms with Crippen LogP contribution in [0.4, 0.5) is 10.5 Å². The van der Waals surface area contributed by atoms with Crippen molar-refractivity contribution >= 4 is 23.6 Å². The molecule has 3 aliphatic rings. The van der Waals surface area contributed by atoms with Crippen LogP contribution in [0, 0.1) is 0 Å². The number of ether oxygens (including phenoxy) is 3. The summed E-state index contributed by atoms with van der Waals surface area (Å²) in [4.78, 5) is 44.7. The van der Waals surface area contributed by atoms with Crippen LogP contribution >= 0.6 is 0 Å². The smallest absolute Gasteiger partial charge is 0.408 e. The lowest BCUT2D eigenvalue weighted by molar-refractivity contribution is -0.253. The molecule has 270 valence electrons. The third kappa shape index (κ3) is 8.75. The van der Waals surface area contributed by atoms with Crippen LogP contribution in [-0.2, 0) is 43.6 Å². The van der Waals surface area contributed by atoms with Gasteiger partial charge in [0.25, 0.3) is 5.91 Å². The molecule has 3 saturated heterocycles.